The van der Waals surface area contributed by atoms with E-state index in [1.807, 2.05) is 0 Å². The highest BCUT2D eigenvalue weighted by molar-refractivity contribution is 14.1. The van der Waals surface area contributed by atoms with Crippen molar-refractivity contribution in [1.29, 1.82) is 0 Å². The third-order valence-electron chi connectivity index (χ3n) is 1.74. The van der Waals surface area contributed by atoms with Gasteiger partial charge in [-0.05, 0) is 35.1 Å². The molecule has 0 atom stereocenters. The Morgan fingerprint density at radius 1 is 1.53 bits per heavy atom. The van der Waals surface area contributed by atoms with Crippen LogP contribution in [0.3, 0.4) is 0 Å². The van der Waals surface area contributed by atoms with Crippen molar-refractivity contribution in [2.75, 3.05) is 0 Å². The second-order valence-corrected chi connectivity index (χ2v) is 6.26. The maximum absolute atomic E-state index is 12.4. The topological polar surface area (TPSA) is 47.0 Å². The van der Waals surface area contributed by atoms with E-state index in [0.29, 0.717) is 0 Å². The monoisotopic (exact) mass is 367 g/mol. The summed E-state index contributed by atoms with van der Waals surface area (Å²) in [6.07, 6.45) is -1.85. The van der Waals surface area contributed by atoms with E-state index in [9.17, 15) is 17.2 Å². The summed E-state index contributed by atoms with van der Waals surface area (Å²) in [5, 5.41) is -0.383. The first-order chi connectivity index (χ1) is 6.75. The smallest absolute Gasteiger partial charge is 0.242 e. The molecule has 0 amide bonds. The molecular formula is C7H5ClF2INO2S. The van der Waals surface area contributed by atoms with Crippen LogP contribution in [0.2, 0.25) is 0 Å². The van der Waals surface area contributed by atoms with E-state index >= 15 is 0 Å². The molecule has 1 aromatic rings. The van der Waals surface area contributed by atoms with Crippen molar-refractivity contribution in [3.05, 3.63) is 20.9 Å². The summed E-state index contributed by atoms with van der Waals surface area (Å²) in [5.41, 5.74) is -0.108. The zero-order chi connectivity index (χ0) is 11.8. The first-order valence-electron chi connectivity index (χ1n) is 3.63. The molecule has 0 aromatic carbocycles. The van der Waals surface area contributed by atoms with Gasteiger partial charge in [-0.2, -0.15) is 0 Å². The van der Waals surface area contributed by atoms with Gasteiger partial charge in [-0.3, -0.25) is 0 Å². The van der Waals surface area contributed by atoms with Crippen molar-refractivity contribution in [2.45, 2.75) is 18.4 Å². The maximum atomic E-state index is 12.4. The number of hydrogen-bond acceptors (Lipinski definition) is 3. The molecule has 0 fully saturated rings. The van der Waals surface area contributed by atoms with Crippen molar-refractivity contribution in [2.24, 2.45) is 0 Å². The minimum Gasteiger partial charge on any atom is -0.242 e. The van der Waals surface area contributed by atoms with E-state index in [1.165, 1.54) is 6.92 Å². The van der Waals surface area contributed by atoms with E-state index in [-0.39, 0.29) is 19.7 Å². The van der Waals surface area contributed by atoms with Crippen LogP contribution in [0.4, 0.5) is 8.78 Å². The van der Waals surface area contributed by atoms with Crippen molar-refractivity contribution < 1.29 is 17.2 Å². The van der Waals surface area contributed by atoms with E-state index in [0.717, 1.165) is 6.20 Å². The molecule has 84 valence electrons. The van der Waals surface area contributed by atoms with Crippen LogP contribution < -0.4 is 0 Å². The number of aromatic nitrogens is 1. The van der Waals surface area contributed by atoms with Crippen LogP contribution in [0.25, 0.3) is 0 Å². The van der Waals surface area contributed by atoms with E-state index < -0.39 is 15.5 Å². The SMILES string of the molecule is Cc1c(C(F)F)cnc(S(=O)(=O)Cl)c1I. The number of pyridine rings is 1. The van der Waals surface area contributed by atoms with Crippen LogP contribution in [0.5, 0.6) is 0 Å². The predicted molar refractivity (Wildman–Crippen MR) is 59.7 cm³/mol. The molecule has 1 aromatic heterocycles. The number of rotatable bonds is 2. The molecule has 8 heteroatoms. The average Bonchev–Trinajstić information content (AvgIpc) is 2.06. The Kier molecular flexibility index (Phi) is 3.88. The van der Waals surface area contributed by atoms with Gasteiger partial charge in [0, 0.05) is 22.4 Å². The summed E-state index contributed by atoms with van der Waals surface area (Å²) < 4.78 is 46.9. The highest BCUT2D eigenvalue weighted by Gasteiger charge is 2.22. The van der Waals surface area contributed by atoms with Gasteiger partial charge in [0.2, 0.25) is 0 Å². The van der Waals surface area contributed by atoms with Crippen LogP contribution in [-0.2, 0) is 9.05 Å². The van der Waals surface area contributed by atoms with Crippen LogP contribution in [-0.4, -0.2) is 13.4 Å². The van der Waals surface area contributed by atoms with Crippen molar-refractivity contribution in [3.63, 3.8) is 0 Å². The third-order valence-corrected chi connectivity index (χ3v) is 4.63. The summed E-state index contributed by atoms with van der Waals surface area (Å²) in [5.74, 6) is 0. The zero-order valence-corrected chi connectivity index (χ0v) is 11.1. The minimum atomic E-state index is -3.99. The number of hydrogen-bond donors (Lipinski definition) is 0. The Morgan fingerprint density at radius 3 is 2.47 bits per heavy atom. The Bertz CT molecular complexity index is 492. The summed E-state index contributed by atoms with van der Waals surface area (Å²) >= 11 is 1.63. The van der Waals surface area contributed by atoms with Gasteiger partial charge in [0.15, 0.2) is 5.03 Å². The number of alkyl halides is 2. The molecule has 0 spiro atoms. The average molecular weight is 368 g/mol. The third kappa shape index (κ3) is 2.76. The molecule has 1 heterocycles. The van der Waals surface area contributed by atoms with Crippen molar-refractivity contribution >= 4 is 42.3 Å². The van der Waals surface area contributed by atoms with Crippen LogP contribution >= 0.6 is 33.3 Å². The Morgan fingerprint density at radius 2 is 2.07 bits per heavy atom. The fourth-order valence-electron chi connectivity index (χ4n) is 0.959. The van der Waals surface area contributed by atoms with Crippen molar-refractivity contribution in [3.8, 4) is 0 Å². The normalized spacial score (nSPS) is 12.1. The second-order valence-electron chi connectivity index (χ2n) is 2.70. The lowest BCUT2D eigenvalue weighted by Gasteiger charge is -2.08. The molecule has 0 aliphatic carbocycles. The molecule has 1 rings (SSSR count). The zero-order valence-electron chi connectivity index (χ0n) is 7.34. The summed E-state index contributed by atoms with van der Waals surface area (Å²) in [6, 6.07) is 0. The first-order valence-corrected chi connectivity index (χ1v) is 7.01. The Labute approximate surface area is 103 Å². The van der Waals surface area contributed by atoms with E-state index in [4.69, 9.17) is 10.7 Å². The summed E-state index contributed by atoms with van der Waals surface area (Å²) in [6.45, 7) is 1.40. The fraction of sp³-hybridized carbons (Fsp3) is 0.286. The standard InChI is InChI=1S/C7H5ClF2INO2S/c1-3-4(6(9)10)2-12-7(5(3)11)15(8,13)14/h2,6H,1H3. The lowest BCUT2D eigenvalue weighted by molar-refractivity contribution is 0.150. The molecule has 0 radical (unpaired) electrons. The molecule has 0 N–H and O–H groups in total. The van der Waals surface area contributed by atoms with Crippen molar-refractivity contribution in [1.82, 2.24) is 4.98 Å². The highest BCUT2D eigenvalue weighted by Crippen LogP contribution is 2.29. The first kappa shape index (κ1) is 13.0. The summed E-state index contributed by atoms with van der Waals surface area (Å²) in [4.78, 5) is 3.42. The lowest BCUT2D eigenvalue weighted by Crippen LogP contribution is -2.04. The van der Waals surface area contributed by atoms with Gasteiger partial charge < -0.3 is 0 Å². The highest BCUT2D eigenvalue weighted by atomic mass is 127. The van der Waals surface area contributed by atoms with Crippen LogP contribution in [0.1, 0.15) is 17.6 Å². The molecule has 15 heavy (non-hydrogen) atoms. The largest absolute Gasteiger partial charge is 0.279 e. The predicted octanol–water partition coefficient (Wildman–Crippen LogP) is 2.86. The lowest BCUT2D eigenvalue weighted by atomic mass is 10.2. The van der Waals surface area contributed by atoms with E-state index in [1.54, 1.807) is 22.6 Å². The van der Waals surface area contributed by atoms with Gasteiger partial charge in [-0.15, -0.1) is 0 Å². The molecule has 0 aliphatic heterocycles. The van der Waals surface area contributed by atoms with Gasteiger partial charge in [0.05, 0.1) is 3.57 Å². The van der Waals surface area contributed by atoms with Crippen LogP contribution in [0, 0.1) is 10.5 Å². The Balaban J connectivity index is 3.48. The molecule has 0 aliphatic rings. The van der Waals surface area contributed by atoms with E-state index in [2.05, 4.69) is 4.98 Å². The molecule has 0 unspecified atom stereocenters. The molecule has 0 bridgehead atoms. The second kappa shape index (κ2) is 4.46. The van der Waals surface area contributed by atoms with Gasteiger partial charge in [0.25, 0.3) is 15.5 Å². The summed E-state index contributed by atoms with van der Waals surface area (Å²) in [7, 11) is 1.10. The van der Waals surface area contributed by atoms with Gasteiger partial charge in [-0.25, -0.2) is 22.2 Å². The number of halogens is 4. The molecule has 3 nitrogen and oxygen atoms in total. The minimum absolute atomic E-state index is 0.125. The number of nitrogens with zero attached hydrogens (tertiary/aromatic N) is 1. The molecular weight excluding hydrogens is 363 g/mol. The quantitative estimate of drug-likeness (QED) is 0.596. The van der Waals surface area contributed by atoms with Gasteiger partial charge >= 0.3 is 0 Å². The van der Waals surface area contributed by atoms with Crippen LogP contribution in [0.15, 0.2) is 11.2 Å². The maximum Gasteiger partial charge on any atom is 0.279 e. The molecule has 0 saturated carbocycles. The van der Waals surface area contributed by atoms with Gasteiger partial charge in [-0.1, -0.05) is 0 Å². The Hall–Kier alpha value is -0.0200. The molecule has 0 saturated heterocycles. The fourth-order valence-corrected chi connectivity index (χ4v) is 3.57. The van der Waals surface area contributed by atoms with Gasteiger partial charge in [0.1, 0.15) is 0 Å².